The lowest BCUT2D eigenvalue weighted by Crippen LogP contribution is -2.33. The smallest absolute Gasteiger partial charge is 0.288 e. The van der Waals surface area contributed by atoms with Crippen LogP contribution >= 0.6 is 11.8 Å². The minimum atomic E-state index is -0.293. The molecule has 0 aliphatic carbocycles. The number of amides is 1. The Hall–Kier alpha value is -3.24. The van der Waals surface area contributed by atoms with Crippen molar-refractivity contribution < 1.29 is 4.79 Å². The Balaban J connectivity index is 1.84. The van der Waals surface area contributed by atoms with Crippen molar-refractivity contribution in [1.29, 1.82) is 5.26 Å². The van der Waals surface area contributed by atoms with Gasteiger partial charge in [-0.25, -0.2) is 4.68 Å². The van der Waals surface area contributed by atoms with E-state index in [0.29, 0.717) is 17.0 Å². The molecule has 2 heterocycles. The molecule has 0 saturated carbocycles. The fourth-order valence-electron chi connectivity index (χ4n) is 3.47. The standard InChI is InChI=1S/C21H18N4O2S/c1-14-19(20(27)25(23(14)2)17-6-4-3-5-7-17)24-18(26)13-28-21(24)16-10-8-15(12-22)9-11-16/h3-11,21H,13H2,1-2H3. The van der Waals surface area contributed by atoms with Crippen LogP contribution in [0.15, 0.2) is 59.4 Å². The fourth-order valence-corrected chi connectivity index (χ4v) is 4.63. The second-order valence-corrected chi connectivity index (χ2v) is 7.64. The summed E-state index contributed by atoms with van der Waals surface area (Å²) in [5.74, 6) is 0.217. The van der Waals surface area contributed by atoms with Gasteiger partial charge in [0.2, 0.25) is 5.91 Å². The highest BCUT2D eigenvalue weighted by atomic mass is 32.2. The molecule has 1 atom stereocenters. The van der Waals surface area contributed by atoms with Crippen LogP contribution in [0.1, 0.15) is 22.2 Å². The van der Waals surface area contributed by atoms with Crippen LogP contribution in [-0.4, -0.2) is 21.0 Å². The molecular formula is C21H18N4O2S. The van der Waals surface area contributed by atoms with E-state index in [1.807, 2.05) is 56.4 Å². The number of para-hydroxylation sites is 1. The number of nitriles is 1. The lowest BCUT2D eigenvalue weighted by atomic mass is 10.1. The van der Waals surface area contributed by atoms with Crippen LogP contribution in [0.25, 0.3) is 5.69 Å². The molecule has 2 aromatic carbocycles. The molecule has 0 radical (unpaired) electrons. The minimum Gasteiger partial charge on any atom is -0.288 e. The van der Waals surface area contributed by atoms with Gasteiger partial charge in [-0.1, -0.05) is 30.3 Å². The number of rotatable bonds is 3. The van der Waals surface area contributed by atoms with Gasteiger partial charge < -0.3 is 0 Å². The molecule has 140 valence electrons. The number of nitrogens with zero attached hydrogens (tertiary/aromatic N) is 4. The van der Waals surface area contributed by atoms with E-state index in [0.717, 1.165) is 16.9 Å². The van der Waals surface area contributed by atoms with Crippen LogP contribution in [0.4, 0.5) is 5.69 Å². The molecular weight excluding hydrogens is 372 g/mol. The number of hydrogen-bond acceptors (Lipinski definition) is 4. The third kappa shape index (κ3) is 2.83. The number of hydrogen-bond donors (Lipinski definition) is 0. The second-order valence-electron chi connectivity index (χ2n) is 6.57. The monoisotopic (exact) mass is 390 g/mol. The van der Waals surface area contributed by atoms with Crippen molar-refractivity contribution in [2.24, 2.45) is 7.05 Å². The molecule has 1 amide bonds. The van der Waals surface area contributed by atoms with Gasteiger partial charge in [0.1, 0.15) is 11.1 Å². The van der Waals surface area contributed by atoms with Crippen molar-refractivity contribution in [1.82, 2.24) is 9.36 Å². The third-order valence-corrected chi connectivity index (χ3v) is 6.17. The van der Waals surface area contributed by atoms with Gasteiger partial charge in [0, 0.05) is 7.05 Å². The summed E-state index contributed by atoms with van der Waals surface area (Å²) >= 11 is 1.48. The topological polar surface area (TPSA) is 71.0 Å². The van der Waals surface area contributed by atoms with Crippen molar-refractivity contribution in [2.45, 2.75) is 12.3 Å². The van der Waals surface area contributed by atoms with Crippen LogP contribution in [0.5, 0.6) is 0 Å². The zero-order chi connectivity index (χ0) is 19.8. The van der Waals surface area contributed by atoms with E-state index in [2.05, 4.69) is 6.07 Å². The van der Waals surface area contributed by atoms with Crippen LogP contribution in [0.2, 0.25) is 0 Å². The van der Waals surface area contributed by atoms with E-state index < -0.39 is 0 Å². The highest BCUT2D eigenvalue weighted by Crippen LogP contribution is 2.41. The summed E-state index contributed by atoms with van der Waals surface area (Å²) < 4.78 is 3.36. The average Bonchev–Trinajstić information content (AvgIpc) is 3.19. The molecule has 1 aromatic heterocycles. The Kier molecular flexibility index (Phi) is 4.57. The number of carbonyl (C=O) groups excluding carboxylic acids is 1. The SMILES string of the molecule is Cc1c(N2C(=O)CSC2c2ccc(C#N)cc2)c(=O)n(-c2ccccc2)n1C. The summed E-state index contributed by atoms with van der Waals surface area (Å²) in [7, 11) is 1.82. The molecule has 1 aliphatic rings. The quantitative estimate of drug-likeness (QED) is 0.689. The largest absolute Gasteiger partial charge is 0.295 e. The van der Waals surface area contributed by atoms with Crippen molar-refractivity contribution in [3.8, 4) is 11.8 Å². The summed E-state index contributed by atoms with van der Waals surface area (Å²) in [4.78, 5) is 27.7. The summed E-state index contributed by atoms with van der Waals surface area (Å²) in [5, 5.41) is 8.72. The van der Waals surface area contributed by atoms with Crippen molar-refractivity contribution in [2.75, 3.05) is 10.7 Å². The first-order valence-electron chi connectivity index (χ1n) is 8.80. The average molecular weight is 390 g/mol. The Morgan fingerprint density at radius 3 is 2.39 bits per heavy atom. The molecule has 0 bridgehead atoms. The van der Waals surface area contributed by atoms with E-state index in [9.17, 15) is 9.59 Å². The van der Waals surface area contributed by atoms with Gasteiger partial charge in [-0.2, -0.15) is 5.26 Å². The first-order valence-corrected chi connectivity index (χ1v) is 9.85. The molecule has 6 nitrogen and oxygen atoms in total. The highest BCUT2D eigenvalue weighted by Gasteiger charge is 2.38. The first-order chi connectivity index (χ1) is 13.5. The Morgan fingerprint density at radius 2 is 1.75 bits per heavy atom. The van der Waals surface area contributed by atoms with Gasteiger partial charge in [0.05, 0.1) is 28.8 Å². The predicted molar refractivity (Wildman–Crippen MR) is 110 cm³/mol. The maximum atomic E-state index is 13.3. The Bertz CT molecular complexity index is 1140. The zero-order valence-corrected chi connectivity index (χ0v) is 16.3. The van der Waals surface area contributed by atoms with Crippen LogP contribution in [0.3, 0.4) is 0 Å². The van der Waals surface area contributed by atoms with E-state index >= 15 is 0 Å². The zero-order valence-electron chi connectivity index (χ0n) is 15.5. The molecule has 0 spiro atoms. The number of benzene rings is 2. The summed E-state index contributed by atoms with van der Waals surface area (Å²) in [5.41, 5.74) is 3.11. The number of aromatic nitrogens is 2. The van der Waals surface area contributed by atoms with Crippen LogP contribution in [-0.2, 0) is 11.8 Å². The number of thioether (sulfide) groups is 1. The van der Waals surface area contributed by atoms with Crippen LogP contribution in [0, 0.1) is 18.3 Å². The molecule has 28 heavy (non-hydrogen) atoms. The second kappa shape index (κ2) is 7.06. The van der Waals surface area contributed by atoms with Gasteiger partial charge in [0.15, 0.2) is 0 Å². The molecule has 1 fully saturated rings. The number of anilines is 1. The molecule has 0 N–H and O–H groups in total. The molecule has 1 aliphatic heterocycles. The molecule has 1 saturated heterocycles. The Labute approximate surface area is 166 Å². The molecule has 4 rings (SSSR count). The maximum absolute atomic E-state index is 13.3. The summed E-state index contributed by atoms with van der Waals surface area (Å²) in [6.07, 6.45) is 0. The molecule has 3 aromatic rings. The van der Waals surface area contributed by atoms with Crippen molar-refractivity contribution in [3.63, 3.8) is 0 Å². The normalized spacial score (nSPS) is 16.4. The van der Waals surface area contributed by atoms with E-state index in [4.69, 9.17) is 5.26 Å². The highest BCUT2D eigenvalue weighted by molar-refractivity contribution is 8.00. The fraction of sp³-hybridized carbons (Fsp3) is 0.190. The number of carbonyl (C=O) groups is 1. The van der Waals surface area contributed by atoms with Crippen molar-refractivity contribution >= 4 is 23.4 Å². The van der Waals surface area contributed by atoms with Gasteiger partial charge in [-0.05, 0) is 36.8 Å². The van der Waals surface area contributed by atoms with Gasteiger partial charge >= 0.3 is 0 Å². The molecule has 1 unspecified atom stereocenters. The third-order valence-electron chi connectivity index (χ3n) is 4.96. The summed E-state index contributed by atoms with van der Waals surface area (Å²) in [6, 6.07) is 18.6. The minimum absolute atomic E-state index is 0.0922. The lowest BCUT2D eigenvalue weighted by Gasteiger charge is -2.23. The van der Waals surface area contributed by atoms with Crippen molar-refractivity contribution in [3.05, 3.63) is 81.8 Å². The van der Waals surface area contributed by atoms with E-state index in [1.54, 1.807) is 26.4 Å². The first kappa shape index (κ1) is 18.1. The maximum Gasteiger partial charge on any atom is 0.295 e. The van der Waals surface area contributed by atoms with Gasteiger partial charge in [0.25, 0.3) is 5.56 Å². The van der Waals surface area contributed by atoms with Gasteiger partial charge in [-0.3, -0.25) is 19.2 Å². The van der Waals surface area contributed by atoms with E-state index in [-0.39, 0.29) is 16.8 Å². The van der Waals surface area contributed by atoms with E-state index in [1.165, 1.54) is 11.8 Å². The lowest BCUT2D eigenvalue weighted by molar-refractivity contribution is -0.115. The Morgan fingerprint density at radius 1 is 1.07 bits per heavy atom. The van der Waals surface area contributed by atoms with Gasteiger partial charge in [-0.15, -0.1) is 11.8 Å². The molecule has 7 heteroatoms. The summed E-state index contributed by atoms with van der Waals surface area (Å²) in [6.45, 7) is 1.85. The predicted octanol–water partition coefficient (Wildman–Crippen LogP) is 3.13. The van der Waals surface area contributed by atoms with Crippen LogP contribution < -0.4 is 10.5 Å².